The summed E-state index contributed by atoms with van der Waals surface area (Å²) in [5, 5.41) is 28.1. The molecule has 1 aromatic heterocycles. The standard InChI is InChI=1S/C32H31ClFN9O5/c1-41-14-16-42(17-15-41)32(48)37-23-6-2-20(3-7-23)18-26(30(45)36-22-8-4-21(5-9-22)31(46)47)38-28(44)13-10-24-27(43-19-35-39-40-43)12-11-25(33)29(24)34/h2-13,19,26H,14-18H2,1H3,(H,36,45)(H,37,48)(H,38,44)(H,46,47). The molecule has 248 valence electrons. The monoisotopic (exact) mass is 675 g/mol. The van der Waals surface area contributed by atoms with Crippen molar-refractivity contribution in [1.29, 1.82) is 0 Å². The molecule has 1 saturated heterocycles. The van der Waals surface area contributed by atoms with E-state index in [9.17, 15) is 24.3 Å². The number of anilines is 2. The molecule has 1 atom stereocenters. The van der Waals surface area contributed by atoms with Crippen LogP contribution < -0.4 is 16.0 Å². The van der Waals surface area contributed by atoms with Crippen LogP contribution in [0.4, 0.5) is 20.6 Å². The van der Waals surface area contributed by atoms with Crippen molar-refractivity contribution in [2.45, 2.75) is 12.5 Å². The van der Waals surface area contributed by atoms with Gasteiger partial charge in [0.2, 0.25) is 11.8 Å². The largest absolute Gasteiger partial charge is 0.478 e. The number of nitrogens with zero attached hydrogens (tertiary/aromatic N) is 6. The Hall–Kier alpha value is -5.67. The Balaban J connectivity index is 1.32. The molecule has 1 aliphatic rings. The fraction of sp³-hybridized carbons (Fsp3) is 0.219. The van der Waals surface area contributed by atoms with Gasteiger partial charge in [0.1, 0.15) is 12.4 Å². The third kappa shape index (κ3) is 8.57. The van der Waals surface area contributed by atoms with Gasteiger partial charge in [-0.25, -0.2) is 14.0 Å². The number of amides is 4. The number of rotatable bonds is 10. The number of urea groups is 1. The minimum absolute atomic E-state index is 0.0390. The van der Waals surface area contributed by atoms with E-state index >= 15 is 4.39 Å². The summed E-state index contributed by atoms with van der Waals surface area (Å²) in [4.78, 5) is 54.4. The topological polar surface area (TPSA) is 175 Å². The van der Waals surface area contributed by atoms with Crippen LogP contribution in [0.25, 0.3) is 11.8 Å². The molecule has 1 fully saturated rings. The average molecular weight is 676 g/mol. The lowest BCUT2D eigenvalue weighted by Gasteiger charge is -2.32. The number of piperazine rings is 1. The Labute approximate surface area is 279 Å². The van der Waals surface area contributed by atoms with Gasteiger partial charge in [0, 0.05) is 55.6 Å². The molecule has 0 saturated carbocycles. The number of likely N-dealkylation sites (N-methyl/N-ethyl adjacent to an activating group) is 1. The van der Waals surface area contributed by atoms with Crippen LogP contribution in [0.2, 0.25) is 5.02 Å². The van der Waals surface area contributed by atoms with Crippen molar-refractivity contribution in [2.24, 2.45) is 0 Å². The highest BCUT2D eigenvalue weighted by atomic mass is 35.5. The number of nitrogens with one attached hydrogen (secondary N) is 3. The number of carbonyl (C=O) groups excluding carboxylic acids is 3. The van der Waals surface area contributed by atoms with Crippen molar-refractivity contribution in [2.75, 3.05) is 43.9 Å². The second-order valence-corrected chi connectivity index (χ2v) is 11.3. The number of halogens is 2. The van der Waals surface area contributed by atoms with Gasteiger partial charge in [0.15, 0.2) is 5.82 Å². The van der Waals surface area contributed by atoms with Gasteiger partial charge in [-0.1, -0.05) is 23.7 Å². The molecule has 0 bridgehead atoms. The van der Waals surface area contributed by atoms with E-state index in [1.54, 1.807) is 29.2 Å². The summed E-state index contributed by atoms with van der Waals surface area (Å²) in [6, 6.07) is 13.9. The van der Waals surface area contributed by atoms with Crippen molar-refractivity contribution < 1.29 is 28.7 Å². The highest BCUT2D eigenvalue weighted by Crippen LogP contribution is 2.25. The van der Waals surface area contributed by atoms with E-state index in [1.807, 2.05) is 7.05 Å². The summed E-state index contributed by atoms with van der Waals surface area (Å²) in [5.41, 5.74) is 1.76. The first-order valence-corrected chi connectivity index (χ1v) is 15.1. The average Bonchev–Trinajstić information content (AvgIpc) is 3.61. The minimum atomic E-state index is -1.12. The summed E-state index contributed by atoms with van der Waals surface area (Å²) in [6.45, 7) is 2.81. The van der Waals surface area contributed by atoms with E-state index in [0.29, 0.717) is 30.0 Å². The van der Waals surface area contributed by atoms with Crippen LogP contribution >= 0.6 is 11.6 Å². The highest BCUT2D eigenvalue weighted by molar-refractivity contribution is 6.31. The Morgan fingerprint density at radius 1 is 0.958 bits per heavy atom. The van der Waals surface area contributed by atoms with E-state index in [4.69, 9.17) is 11.6 Å². The molecular weight excluding hydrogens is 645 g/mol. The summed E-state index contributed by atoms with van der Waals surface area (Å²) in [7, 11) is 2.00. The Morgan fingerprint density at radius 3 is 2.27 bits per heavy atom. The van der Waals surface area contributed by atoms with Gasteiger partial charge < -0.3 is 30.9 Å². The molecule has 3 aromatic carbocycles. The first-order chi connectivity index (χ1) is 23.1. The number of benzene rings is 3. The molecule has 5 rings (SSSR count). The van der Waals surface area contributed by atoms with Crippen LogP contribution in [0.3, 0.4) is 0 Å². The fourth-order valence-electron chi connectivity index (χ4n) is 4.87. The number of hydrogen-bond acceptors (Lipinski definition) is 8. The quantitative estimate of drug-likeness (QED) is 0.184. The zero-order valence-corrected chi connectivity index (χ0v) is 26.4. The lowest BCUT2D eigenvalue weighted by molar-refractivity contribution is -0.123. The van der Waals surface area contributed by atoms with Crippen LogP contribution in [0.15, 0.2) is 73.1 Å². The summed E-state index contributed by atoms with van der Waals surface area (Å²) in [6.07, 6.45) is 3.56. The lowest BCUT2D eigenvalue weighted by Crippen LogP contribution is -2.48. The van der Waals surface area contributed by atoms with Crippen LogP contribution in [0, 0.1) is 5.82 Å². The number of carboxylic acids is 1. The predicted molar refractivity (Wildman–Crippen MR) is 175 cm³/mol. The number of aromatic nitrogens is 4. The van der Waals surface area contributed by atoms with Gasteiger partial charge in [-0.05, 0) is 77.6 Å². The van der Waals surface area contributed by atoms with Crippen molar-refractivity contribution in [3.63, 3.8) is 0 Å². The van der Waals surface area contributed by atoms with Crippen molar-refractivity contribution in [3.8, 4) is 5.69 Å². The smallest absolute Gasteiger partial charge is 0.335 e. The molecule has 0 spiro atoms. The normalized spacial score (nSPS) is 14.0. The molecule has 4 N–H and O–H groups in total. The molecule has 14 nitrogen and oxygen atoms in total. The van der Waals surface area contributed by atoms with E-state index < -0.39 is 29.6 Å². The van der Waals surface area contributed by atoms with Crippen molar-refractivity contribution in [3.05, 3.63) is 101 Å². The Bertz CT molecular complexity index is 1810. The second-order valence-electron chi connectivity index (χ2n) is 10.9. The SMILES string of the molecule is CN1CCN(C(=O)Nc2ccc(CC(NC(=O)C=Cc3c(-n4cnnn4)ccc(Cl)c3F)C(=O)Nc3ccc(C(=O)O)cc3)cc2)CC1. The summed E-state index contributed by atoms with van der Waals surface area (Å²) < 4.78 is 16.2. The molecule has 1 aliphatic heterocycles. The molecule has 48 heavy (non-hydrogen) atoms. The van der Waals surface area contributed by atoms with Crippen molar-refractivity contribution >= 4 is 52.9 Å². The highest BCUT2D eigenvalue weighted by Gasteiger charge is 2.23. The van der Waals surface area contributed by atoms with Crippen molar-refractivity contribution in [1.82, 2.24) is 35.3 Å². The number of tetrazole rings is 1. The molecule has 4 aromatic rings. The minimum Gasteiger partial charge on any atom is -0.478 e. The van der Waals surface area contributed by atoms with E-state index in [0.717, 1.165) is 19.2 Å². The maximum Gasteiger partial charge on any atom is 0.335 e. The number of aromatic carboxylic acids is 1. The molecule has 2 heterocycles. The maximum atomic E-state index is 15.0. The van der Waals surface area contributed by atoms with E-state index in [-0.39, 0.29) is 34.3 Å². The molecule has 1 unspecified atom stereocenters. The predicted octanol–water partition coefficient (Wildman–Crippen LogP) is 3.31. The fourth-order valence-corrected chi connectivity index (χ4v) is 5.04. The second kappa shape index (κ2) is 15.3. The van der Waals surface area contributed by atoms with Gasteiger partial charge >= 0.3 is 12.0 Å². The zero-order valence-electron chi connectivity index (χ0n) is 25.6. The lowest BCUT2D eigenvalue weighted by atomic mass is 10.0. The van der Waals surface area contributed by atoms with Gasteiger partial charge in [0.25, 0.3) is 0 Å². The first-order valence-electron chi connectivity index (χ1n) is 14.7. The number of carbonyl (C=O) groups is 4. The van der Waals surface area contributed by atoms with Gasteiger partial charge in [-0.15, -0.1) is 5.10 Å². The van der Waals surface area contributed by atoms with Gasteiger partial charge in [-0.2, -0.15) is 4.68 Å². The number of carboxylic acid groups (broad SMARTS) is 1. The summed E-state index contributed by atoms with van der Waals surface area (Å²) in [5.74, 6) is -3.22. The molecular formula is C32H31ClFN9O5. The summed E-state index contributed by atoms with van der Waals surface area (Å²) >= 11 is 5.98. The molecule has 4 amide bonds. The van der Waals surface area contributed by atoms with Crippen LogP contribution in [0.1, 0.15) is 21.5 Å². The third-order valence-corrected chi connectivity index (χ3v) is 7.87. The van der Waals surface area contributed by atoms with Gasteiger partial charge in [0.05, 0.1) is 16.3 Å². The zero-order chi connectivity index (χ0) is 34.2. The van der Waals surface area contributed by atoms with E-state index in [1.165, 1.54) is 53.5 Å². The van der Waals surface area contributed by atoms with E-state index in [2.05, 4.69) is 36.4 Å². The third-order valence-electron chi connectivity index (χ3n) is 7.57. The molecule has 0 radical (unpaired) electrons. The first kappa shape index (κ1) is 33.7. The van der Waals surface area contributed by atoms with Crippen LogP contribution in [0.5, 0.6) is 0 Å². The van der Waals surface area contributed by atoms with Crippen LogP contribution in [-0.4, -0.2) is 98.2 Å². The van der Waals surface area contributed by atoms with Crippen LogP contribution in [-0.2, 0) is 16.0 Å². The van der Waals surface area contributed by atoms with Gasteiger partial charge in [-0.3, -0.25) is 9.59 Å². The Morgan fingerprint density at radius 2 is 1.62 bits per heavy atom. The molecule has 0 aliphatic carbocycles. The number of hydrogen-bond donors (Lipinski definition) is 4. The Kier molecular flexibility index (Phi) is 10.7. The maximum absolute atomic E-state index is 15.0. The molecule has 16 heteroatoms.